The van der Waals surface area contributed by atoms with Crippen LogP contribution in [0.2, 0.25) is 5.15 Å². The molecule has 1 aromatic carbocycles. The van der Waals surface area contributed by atoms with Crippen molar-refractivity contribution in [2.75, 3.05) is 17.2 Å². The summed E-state index contributed by atoms with van der Waals surface area (Å²) in [7, 11) is 0. The molecule has 3 rings (SSSR count). The molecule has 0 saturated heterocycles. The van der Waals surface area contributed by atoms with E-state index in [1.165, 1.54) is 11.8 Å². The Morgan fingerprint density at radius 2 is 1.97 bits per heavy atom. The van der Waals surface area contributed by atoms with E-state index in [0.29, 0.717) is 39.5 Å². The SMILES string of the molecule is CCSc1oc2c(N(CC)c3ccc(Cl)nc3C(=O)O)cc(C)cc2c(=O)c1C. The maximum atomic E-state index is 13.0. The quantitative estimate of drug-likeness (QED) is 0.410. The van der Waals surface area contributed by atoms with Gasteiger partial charge in [-0.15, -0.1) is 0 Å². The fourth-order valence-electron chi connectivity index (χ4n) is 3.24. The average molecular weight is 433 g/mol. The Kier molecular flexibility index (Phi) is 6.19. The van der Waals surface area contributed by atoms with Gasteiger partial charge in [0.05, 0.1) is 16.8 Å². The number of hydrogen-bond donors (Lipinski definition) is 1. The minimum atomic E-state index is -1.18. The van der Waals surface area contributed by atoms with Gasteiger partial charge in [0.1, 0.15) is 5.15 Å². The molecule has 1 N–H and O–H groups in total. The van der Waals surface area contributed by atoms with E-state index in [-0.39, 0.29) is 16.3 Å². The number of aromatic carboxylic acids is 1. The van der Waals surface area contributed by atoms with Gasteiger partial charge in [0.15, 0.2) is 21.8 Å². The van der Waals surface area contributed by atoms with Gasteiger partial charge < -0.3 is 14.4 Å². The molecule has 0 aliphatic heterocycles. The average Bonchev–Trinajstić information content (AvgIpc) is 2.68. The Labute approximate surface area is 177 Å². The van der Waals surface area contributed by atoms with Gasteiger partial charge in [-0.2, -0.15) is 0 Å². The molecule has 0 aliphatic carbocycles. The first kappa shape index (κ1) is 21.2. The molecule has 0 spiro atoms. The zero-order chi connectivity index (χ0) is 21.3. The number of aromatic nitrogens is 1. The summed E-state index contributed by atoms with van der Waals surface area (Å²) in [6, 6.07) is 6.84. The number of halogens is 1. The van der Waals surface area contributed by atoms with Crippen LogP contribution in [-0.2, 0) is 0 Å². The molecule has 8 heteroatoms. The Bertz CT molecular complexity index is 1160. The molecule has 0 atom stereocenters. The second-order valence-electron chi connectivity index (χ2n) is 6.49. The molecule has 0 bridgehead atoms. The van der Waals surface area contributed by atoms with Crippen LogP contribution in [0.25, 0.3) is 11.0 Å². The molecule has 0 unspecified atom stereocenters. The highest BCUT2D eigenvalue weighted by molar-refractivity contribution is 7.99. The van der Waals surface area contributed by atoms with Crippen LogP contribution in [0.5, 0.6) is 0 Å². The second-order valence-corrected chi connectivity index (χ2v) is 8.11. The van der Waals surface area contributed by atoms with E-state index in [1.54, 1.807) is 30.0 Å². The minimum Gasteiger partial charge on any atom is -0.476 e. The van der Waals surface area contributed by atoms with Crippen molar-refractivity contribution >= 4 is 51.7 Å². The number of hydrogen-bond acceptors (Lipinski definition) is 6. The van der Waals surface area contributed by atoms with Crippen molar-refractivity contribution in [1.29, 1.82) is 0 Å². The smallest absolute Gasteiger partial charge is 0.356 e. The fourth-order valence-corrected chi connectivity index (χ4v) is 4.10. The van der Waals surface area contributed by atoms with Crippen LogP contribution in [-0.4, -0.2) is 28.4 Å². The topological polar surface area (TPSA) is 83.6 Å². The van der Waals surface area contributed by atoms with E-state index in [0.717, 1.165) is 11.3 Å². The van der Waals surface area contributed by atoms with E-state index >= 15 is 0 Å². The third kappa shape index (κ3) is 3.97. The van der Waals surface area contributed by atoms with E-state index < -0.39 is 5.97 Å². The number of pyridine rings is 1. The fraction of sp³-hybridized carbons (Fsp3) is 0.286. The largest absolute Gasteiger partial charge is 0.476 e. The van der Waals surface area contributed by atoms with E-state index in [9.17, 15) is 14.7 Å². The summed E-state index contributed by atoms with van der Waals surface area (Å²) in [4.78, 5) is 30.5. The zero-order valence-electron chi connectivity index (χ0n) is 16.6. The first-order valence-corrected chi connectivity index (χ1v) is 10.5. The van der Waals surface area contributed by atoms with Crippen LogP contribution < -0.4 is 10.3 Å². The van der Waals surface area contributed by atoms with Crippen molar-refractivity contribution in [3.63, 3.8) is 0 Å². The normalized spacial score (nSPS) is 11.1. The lowest BCUT2D eigenvalue weighted by atomic mass is 10.1. The maximum absolute atomic E-state index is 13.0. The highest BCUT2D eigenvalue weighted by Crippen LogP contribution is 2.36. The van der Waals surface area contributed by atoms with Crippen LogP contribution in [0.4, 0.5) is 11.4 Å². The second kappa shape index (κ2) is 8.47. The maximum Gasteiger partial charge on any atom is 0.356 e. The van der Waals surface area contributed by atoms with Crippen molar-refractivity contribution in [2.45, 2.75) is 32.8 Å². The Hall–Kier alpha value is -2.51. The number of nitrogens with zero attached hydrogens (tertiary/aromatic N) is 2. The van der Waals surface area contributed by atoms with Gasteiger partial charge in [-0.1, -0.05) is 30.3 Å². The molecule has 152 valence electrons. The van der Waals surface area contributed by atoms with Crippen molar-refractivity contribution in [2.24, 2.45) is 0 Å². The molecular weight excluding hydrogens is 412 g/mol. The number of aryl methyl sites for hydroxylation is 1. The van der Waals surface area contributed by atoms with Crippen LogP contribution in [0.15, 0.2) is 38.6 Å². The third-order valence-electron chi connectivity index (χ3n) is 4.52. The van der Waals surface area contributed by atoms with Gasteiger partial charge >= 0.3 is 5.97 Å². The lowest BCUT2D eigenvalue weighted by Crippen LogP contribution is -2.21. The number of carboxylic acids is 1. The molecule has 3 aromatic rings. The van der Waals surface area contributed by atoms with Crippen LogP contribution in [0.1, 0.15) is 35.5 Å². The molecule has 29 heavy (non-hydrogen) atoms. The Morgan fingerprint density at radius 3 is 2.59 bits per heavy atom. The summed E-state index contributed by atoms with van der Waals surface area (Å²) in [6.07, 6.45) is 0. The molecule has 0 saturated carbocycles. The summed E-state index contributed by atoms with van der Waals surface area (Å²) in [5, 5.41) is 10.8. The van der Waals surface area contributed by atoms with Crippen LogP contribution in [0, 0.1) is 13.8 Å². The molecular formula is C21H21ClN2O4S. The van der Waals surface area contributed by atoms with Gasteiger partial charge in [-0.3, -0.25) is 4.79 Å². The zero-order valence-corrected chi connectivity index (χ0v) is 18.1. The summed E-state index contributed by atoms with van der Waals surface area (Å²) >= 11 is 7.37. The van der Waals surface area contributed by atoms with Crippen molar-refractivity contribution < 1.29 is 14.3 Å². The summed E-state index contributed by atoms with van der Waals surface area (Å²) in [5.41, 5.74) is 2.61. The summed E-state index contributed by atoms with van der Waals surface area (Å²) in [5.74, 6) is -0.421. The first-order chi connectivity index (χ1) is 13.8. The lowest BCUT2D eigenvalue weighted by molar-refractivity contribution is 0.0691. The monoisotopic (exact) mass is 432 g/mol. The molecule has 0 radical (unpaired) electrons. The van der Waals surface area contributed by atoms with E-state index in [2.05, 4.69) is 4.98 Å². The molecule has 2 aromatic heterocycles. The predicted molar refractivity (Wildman–Crippen MR) is 117 cm³/mol. The van der Waals surface area contributed by atoms with Crippen LogP contribution >= 0.6 is 23.4 Å². The third-order valence-corrected chi connectivity index (χ3v) is 5.67. The van der Waals surface area contributed by atoms with Crippen LogP contribution in [0.3, 0.4) is 0 Å². The molecule has 0 amide bonds. The number of anilines is 2. The minimum absolute atomic E-state index is 0.0871. The number of carboxylic acid groups (broad SMARTS) is 1. The number of benzene rings is 1. The number of rotatable bonds is 6. The van der Waals surface area contributed by atoms with E-state index in [4.69, 9.17) is 16.0 Å². The predicted octanol–water partition coefficient (Wildman–Crippen LogP) is 5.43. The van der Waals surface area contributed by atoms with Crippen molar-refractivity contribution in [3.05, 3.63) is 56.5 Å². The van der Waals surface area contributed by atoms with Gasteiger partial charge in [0.25, 0.3) is 0 Å². The van der Waals surface area contributed by atoms with Gasteiger partial charge in [0.2, 0.25) is 0 Å². The van der Waals surface area contributed by atoms with Crippen molar-refractivity contribution in [3.8, 4) is 0 Å². The Balaban J connectivity index is 2.36. The lowest BCUT2D eigenvalue weighted by Gasteiger charge is -2.25. The van der Waals surface area contributed by atoms with E-state index in [1.807, 2.05) is 26.8 Å². The number of fused-ring (bicyclic) bond motifs is 1. The standard InChI is InChI=1S/C21H21ClN2O4S/c1-5-24(14-7-8-16(22)23-17(14)20(26)27)15-10-11(3)9-13-18(25)12(4)21(29-6-2)28-19(13)15/h7-10H,5-6H2,1-4H3,(H,26,27). The molecule has 2 heterocycles. The number of thioether (sulfide) groups is 1. The summed E-state index contributed by atoms with van der Waals surface area (Å²) < 4.78 is 6.16. The van der Waals surface area contributed by atoms with Crippen molar-refractivity contribution in [1.82, 2.24) is 4.98 Å². The number of carbonyl (C=O) groups is 1. The molecule has 0 aliphatic rings. The highest BCUT2D eigenvalue weighted by Gasteiger charge is 2.23. The van der Waals surface area contributed by atoms with Gasteiger partial charge in [-0.25, -0.2) is 9.78 Å². The molecule has 6 nitrogen and oxygen atoms in total. The summed E-state index contributed by atoms with van der Waals surface area (Å²) in [6.45, 7) is 7.96. The van der Waals surface area contributed by atoms with Gasteiger partial charge in [-0.05, 0) is 56.4 Å². The first-order valence-electron chi connectivity index (χ1n) is 9.16. The molecule has 0 fully saturated rings. The highest BCUT2D eigenvalue weighted by atomic mass is 35.5. The van der Waals surface area contributed by atoms with Gasteiger partial charge in [0, 0.05) is 12.1 Å². The Morgan fingerprint density at radius 1 is 1.24 bits per heavy atom.